The molecular weight excluding hydrogens is 382 g/mol. The Bertz CT molecular complexity index is 1040. The third-order valence-electron chi connectivity index (χ3n) is 3.85. The number of benzene rings is 3. The fourth-order valence-corrected chi connectivity index (χ4v) is 2.64. The van der Waals surface area contributed by atoms with Crippen molar-refractivity contribution in [3.05, 3.63) is 99.1 Å². The van der Waals surface area contributed by atoms with Gasteiger partial charge in [-0.1, -0.05) is 29.8 Å². The summed E-state index contributed by atoms with van der Waals surface area (Å²) in [5.74, 6) is -0.739. The zero-order valence-corrected chi connectivity index (χ0v) is 15.1. The van der Waals surface area contributed by atoms with E-state index in [9.17, 15) is 19.7 Å². The van der Waals surface area contributed by atoms with E-state index in [-0.39, 0.29) is 22.2 Å². The molecule has 0 aliphatic heterocycles. The van der Waals surface area contributed by atoms with Gasteiger partial charge in [0.05, 0.1) is 15.6 Å². The summed E-state index contributed by atoms with van der Waals surface area (Å²) in [5, 5.41) is 16.3. The molecule has 0 radical (unpaired) electrons. The van der Waals surface area contributed by atoms with Gasteiger partial charge in [0.1, 0.15) is 0 Å². The van der Waals surface area contributed by atoms with Crippen molar-refractivity contribution in [2.24, 2.45) is 0 Å². The third-order valence-corrected chi connectivity index (χ3v) is 4.16. The van der Waals surface area contributed by atoms with E-state index in [1.807, 2.05) is 6.07 Å². The van der Waals surface area contributed by atoms with E-state index in [1.165, 1.54) is 30.3 Å². The van der Waals surface area contributed by atoms with Gasteiger partial charge in [-0.05, 0) is 42.5 Å². The molecule has 3 aromatic rings. The van der Waals surface area contributed by atoms with Crippen LogP contribution in [0, 0.1) is 10.1 Å². The summed E-state index contributed by atoms with van der Waals surface area (Å²) < 4.78 is 0. The first-order chi connectivity index (χ1) is 13.4. The average molecular weight is 396 g/mol. The fourth-order valence-electron chi connectivity index (χ4n) is 2.42. The number of halogens is 1. The lowest BCUT2D eigenvalue weighted by molar-refractivity contribution is -0.384. The van der Waals surface area contributed by atoms with E-state index in [0.29, 0.717) is 16.9 Å². The van der Waals surface area contributed by atoms with E-state index in [4.69, 9.17) is 11.6 Å². The molecule has 0 saturated carbocycles. The molecule has 0 saturated heterocycles. The number of carbonyl (C=O) groups excluding carboxylic acids is 2. The van der Waals surface area contributed by atoms with Crippen molar-refractivity contribution in [3.63, 3.8) is 0 Å². The summed E-state index contributed by atoms with van der Waals surface area (Å²) >= 11 is 6.21. The number of hydrogen-bond donors (Lipinski definition) is 2. The highest BCUT2D eigenvalue weighted by Crippen LogP contribution is 2.26. The normalized spacial score (nSPS) is 10.2. The minimum atomic E-state index is -0.538. The summed E-state index contributed by atoms with van der Waals surface area (Å²) in [4.78, 5) is 34.6. The molecule has 0 aromatic heterocycles. The van der Waals surface area contributed by atoms with Crippen molar-refractivity contribution < 1.29 is 14.5 Å². The maximum Gasteiger partial charge on any atom is 0.269 e. The number of carbonyl (C=O) groups is 2. The van der Waals surface area contributed by atoms with Crippen LogP contribution in [0.2, 0.25) is 5.02 Å². The SMILES string of the molecule is O=C(Nc1ccc(NC(=O)c2ccccc2)c(Cl)c1)c1ccc([N+](=O)[O-])cc1. The number of amides is 2. The molecule has 0 heterocycles. The summed E-state index contributed by atoms with van der Waals surface area (Å²) in [7, 11) is 0. The zero-order valence-electron chi connectivity index (χ0n) is 14.4. The van der Waals surface area contributed by atoms with Gasteiger partial charge in [-0.3, -0.25) is 19.7 Å². The van der Waals surface area contributed by atoms with Gasteiger partial charge in [-0.25, -0.2) is 0 Å². The predicted molar refractivity (Wildman–Crippen MR) is 107 cm³/mol. The van der Waals surface area contributed by atoms with Gasteiger partial charge in [-0.15, -0.1) is 0 Å². The first kappa shape index (κ1) is 19.1. The minimum absolute atomic E-state index is 0.0990. The summed E-state index contributed by atoms with van der Waals surface area (Å²) in [6.07, 6.45) is 0. The Morgan fingerprint density at radius 1 is 0.821 bits per heavy atom. The highest BCUT2D eigenvalue weighted by Gasteiger charge is 2.12. The monoisotopic (exact) mass is 395 g/mol. The molecule has 0 aliphatic rings. The van der Waals surface area contributed by atoms with Crippen LogP contribution in [0.25, 0.3) is 0 Å². The molecule has 0 aliphatic carbocycles. The number of nitro benzene ring substituents is 1. The van der Waals surface area contributed by atoms with Crippen molar-refractivity contribution in [1.82, 2.24) is 0 Å². The Labute approximate surface area is 165 Å². The van der Waals surface area contributed by atoms with Crippen LogP contribution in [0.4, 0.5) is 17.1 Å². The van der Waals surface area contributed by atoms with Crippen LogP contribution in [0.3, 0.4) is 0 Å². The lowest BCUT2D eigenvalue weighted by Gasteiger charge is -2.10. The van der Waals surface area contributed by atoms with E-state index < -0.39 is 10.8 Å². The molecule has 0 bridgehead atoms. The maximum atomic E-state index is 12.3. The lowest BCUT2D eigenvalue weighted by atomic mass is 10.2. The van der Waals surface area contributed by atoms with Crippen molar-refractivity contribution >= 4 is 40.5 Å². The second-order valence-corrected chi connectivity index (χ2v) is 6.18. The van der Waals surface area contributed by atoms with Crippen LogP contribution in [-0.4, -0.2) is 16.7 Å². The van der Waals surface area contributed by atoms with Crippen LogP contribution in [-0.2, 0) is 0 Å². The quantitative estimate of drug-likeness (QED) is 0.480. The van der Waals surface area contributed by atoms with Gasteiger partial charge >= 0.3 is 0 Å². The van der Waals surface area contributed by atoms with Crippen molar-refractivity contribution in [3.8, 4) is 0 Å². The van der Waals surface area contributed by atoms with Crippen LogP contribution in [0.1, 0.15) is 20.7 Å². The zero-order chi connectivity index (χ0) is 20.1. The van der Waals surface area contributed by atoms with Crippen molar-refractivity contribution in [2.75, 3.05) is 10.6 Å². The van der Waals surface area contributed by atoms with Crippen LogP contribution in [0.5, 0.6) is 0 Å². The van der Waals surface area contributed by atoms with Gasteiger partial charge in [0.2, 0.25) is 0 Å². The molecule has 2 N–H and O–H groups in total. The standard InChI is InChI=1S/C20H14ClN3O4/c21-17-12-15(22-19(25)14-6-9-16(10-7-14)24(27)28)8-11-18(17)23-20(26)13-4-2-1-3-5-13/h1-12H,(H,22,25)(H,23,26). The second-order valence-electron chi connectivity index (χ2n) is 5.77. The topological polar surface area (TPSA) is 101 Å². The minimum Gasteiger partial charge on any atom is -0.322 e. The van der Waals surface area contributed by atoms with Gasteiger partial charge in [-0.2, -0.15) is 0 Å². The van der Waals surface area contributed by atoms with E-state index in [2.05, 4.69) is 10.6 Å². The average Bonchev–Trinajstić information content (AvgIpc) is 2.70. The number of anilines is 2. The summed E-state index contributed by atoms with van der Waals surface area (Å²) in [6.45, 7) is 0. The highest BCUT2D eigenvalue weighted by molar-refractivity contribution is 6.34. The molecular formula is C20H14ClN3O4. The van der Waals surface area contributed by atoms with Crippen LogP contribution in [0.15, 0.2) is 72.8 Å². The van der Waals surface area contributed by atoms with Gasteiger partial charge in [0.25, 0.3) is 17.5 Å². The smallest absolute Gasteiger partial charge is 0.269 e. The molecule has 8 heteroatoms. The summed E-state index contributed by atoms with van der Waals surface area (Å²) in [6, 6.07) is 18.6. The molecule has 0 spiro atoms. The number of non-ortho nitro benzene ring substituents is 1. The van der Waals surface area contributed by atoms with Crippen LogP contribution < -0.4 is 10.6 Å². The Morgan fingerprint density at radius 3 is 2.04 bits per heavy atom. The Morgan fingerprint density at radius 2 is 1.43 bits per heavy atom. The van der Waals surface area contributed by atoms with Crippen LogP contribution >= 0.6 is 11.6 Å². The molecule has 140 valence electrons. The van der Waals surface area contributed by atoms with E-state index in [1.54, 1.807) is 36.4 Å². The van der Waals surface area contributed by atoms with Crippen molar-refractivity contribution in [1.29, 1.82) is 0 Å². The Balaban J connectivity index is 1.69. The molecule has 0 unspecified atom stereocenters. The summed E-state index contributed by atoms with van der Waals surface area (Å²) in [5.41, 5.74) is 1.49. The van der Waals surface area contributed by atoms with Gasteiger partial charge in [0, 0.05) is 28.9 Å². The molecule has 2 amide bonds. The Hall–Kier alpha value is -3.71. The molecule has 3 aromatic carbocycles. The molecule has 0 fully saturated rings. The number of hydrogen-bond acceptors (Lipinski definition) is 4. The lowest BCUT2D eigenvalue weighted by Crippen LogP contribution is -2.13. The highest BCUT2D eigenvalue weighted by atomic mass is 35.5. The molecule has 7 nitrogen and oxygen atoms in total. The van der Waals surface area contributed by atoms with Crippen molar-refractivity contribution in [2.45, 2.75) is 0 Å². The second kappa shape index (κ2) is 8.32. The third kappa shape index (κ3) is 4.52. The Kier molecular flexibility index (Phi) is 5.67. The number of rotatable bonds is 5. The molecule has 0 atom stereocenters. The largest absolute Gasteiger partial charge is 0.322 e. The van der Waals surface area contributed by atoms with E-state index in [0.717, 1.165) is 0 Å². The number of nitrogens with one attached hydrogen (secondary N) is 2. The fraction of sp³-hybridized carbons (Fsp3) is 0. The maximum absolute atomic E-state index is 12.3. The molecule has 3 rings (SSSR count). The van der Waals surface area contributed by atoms with E-state index >= 15 is 0 Å². The number of nitro groups is 1. The molecule has 28 heavy (non-hydrogen) atoms. The van der Waals surface area contributed by atoms with Gasteiger partial charge in [0.15, 0.2) is 0 Å². The number of nitrogens with zero attached hydrogens (tertiary/aromatic N) is 1. The first-order valence-electron chi connectivity index (χ1n) is 8.16. The van der Waals surface area contributed by atoms with Gasteiger partial charge < -0.3 is 10.6 Å². The predicted octanol–water partition coefficient (Wildman–Crippen LogP) is 4.75. The first-order valence-corrected chi connectivity index (χ1v) is 8.53.